The third kappa shape index (κ3) is 3.73. The lowest BCUT2D eigenvalue weighted by Crippen LogP contribution is -2.59. The summed E-state index contributed by atoms with van der Waals surface area (Å²) in [5, 5.41) is 16.0. The number of hydrogen-bond donors (Lipinski definition) is 2. The Morgan fingerprint density at radius 1 is 1.11 bits per heavy atom. The minimum Gasteiger partial charge on any atom is -0.343 e. The number of alkyl halides is 3. The molecule has 0 radical (unpaired) electrons. The highest BCUT2D eigenvalue weighted by molar-refractivity contribution is 6.31. The van der Waals surface area contributed by atoms with Gasteiger partial charge in [0.05, 0.1) is 11.5 Å². The van der Waals surface area contributed by atoms with Crippen molar-refractivity contribution >= 4 is 40.9 Å². The van der Waals surface area contributed by atoms with Crippen molar-refractivity contribution in [1.82, 2.24) is 15.1 Å². The summed E-state index contributed by atoms with van der Waals surface area (Å²) in [5.74, 6) is -8.16. The van der Waals surface area contributed by atoms with E-state index < -0.39 is 82.4 Å². The van der Waals surface area contributed by atoms with Gasteiger partial charge >= 0.3 is 0 Å². The quantitative estimate of drug-likeness (QED) is 0.522. The highest BCUT2D eigenvalue weighted by atomic mass is 35.5. The van der Waals surface area contributed by atoms with E-state index in [0.717, 1.165) is 0 Å². The minimum atomic E-state index is -3.12. The number of hydrogen-bond acceptors (Lipinski definition) is 5. The molecule has 2 saturated heterocycles. The number of carbonyl (C=O) groups excluding carboxylic acids is 4. The monoisotopic (exact) mass is 643 g/mol. The molecule has 0 aromatic heterocycles. The van der Waals surface area contributed by atoms with E-state index >= 15 is 4.39 Å². The number of nitrogens with one attached hydrogen (secondary N) is 2. The van der Waals surface area contributed by atoms with Crippen LogP contribution in [0.15, 0.2) is 18.2 Å². The molecular weight excluding hydrogens is 611 g/mol. The van der Waals surface area contributed by atoms with Crippen LogP contribution in [0.2, 0.25) is 5.02 Å². The van der Waals surface area contributed by atoms with Crippen LogP contribution in [0.25, 0.3) is 0 Å². The van der Waals surface area contributed by atoms with Gasteiger partial charge in [0.2, 0.25) is 23.6 Å². The molecule has 4 amide bonds. The van der Waals surface area contributed by atoms with Gasteiger partial charge in [0.25, 0.3) is 5.92 Å². The summed E-state index contributed by atoms with van der Waals surface area (Å²) in [6, 6.07) is 3.82. The fraction of sp³-hybridized carbons (Fsp3) is 0.656. The summed E-state index contributed by atoms with van der Waals surface area (Å²) < 4.78 is 43.1. The molecule has 4 aliphatic carbocycles. The SMILES string of the molecule is CC(C)(C)[C@H](NC(=O)[C@H]1CC1(F)F)C(=O)N1C[C@H]2[C@@H]([C@H]1C(=O)N1C[C@]3(C[C@H]1C#N)C(=O)Nc1ccc(Cl)cc13)[C@@H]1C3[C@H]2C[C@@]31F. The maximum absolute atomic E-state index is 15.6. The van der Waals surface area contributed by atoms with Crippen LogP contribution < -0.4 is 10.6 Å². The molecule has 1 aromatic carbocycles. The van der Waals surface area contributed by atoms with Gasteiger partial charge in [-0.1, -0.05) is 32.4 Å². The van der Waals surface area contributed by atoms with E-state index in [1.807, 2.05) is 0 Å². The summed E-state index contributed by atoms with van der Waals surface area (Å²) in [6.07, 6.45) is -0.175. The van der Waals surface area contributed by atoms with Crippen molar-refractivity contribution in [3.05, 3.63) is 28.8 Å². The third-order valence-corrected chi connectivity index (χ3v) is 12.2. The second kappa shape index (κ2) is 8.72. The molecule has 0 bridgehead atoms. The fourth-order valence-corrected chi connectivity index (χ4v) is 9.87. The number of nitriles is 1. The zero-order valence-electron chi connectivity index (χ0n) is 25.0. The van der Waals surface area contributed by atoms with Crippen molar-refractivity contribution in [3.63, 3.8) is 0 Å². The molecular formula is C32H33ClF3N5O4. The van der Waals surface area contributed by atoms with Gasteiger partial charge < -0.3 is 20.4 Å². The molecule has 1 unspecified atom stereocenters. The Kier molecular flexibility index (Phi) is 5.64. The first-order valence-electron chi connectivity index (χ1n) is 15.5. The number of amides is 4. The average molecular weight is 644 g/mol. The Morgan fingerprint density at radius 3 is 2.47 bits per heavy atom. The first-order valence-corrected chi connectivity index (χ1v) is 15.9. The van der Waals surface area contributed by atoms with Crippen molar-refractivity contribution < 1.29 is 32.3 Å². The Labute approximate surface area is 262 Å². The number of halogens is 4. The first-order chi connectivity index (χ1) is 21.0. The van der Waals surface area contributed by atoms with E-state index in [0.29, 0.717) is 22.7 Å². The number of carbonyl (C=O) groups is 4. The van der Waals surface area contributed by atoms with E-state index in [9.17, 15) is 33.2 Å². The van der Waals surface area contributed by atoms with E-state index in [1.54, 1.807) is 39.0 Å². The van der Waals surface area contributed by atoms with Crippen LogP contribution in [0, 0.1) is 52.3 Å². The van der Waals surface area contributed by atoms with E-state index in [1.165, 1.54) is 9.80 Å². The van der Waals surface area contributed by atoms with Crippen LogP contribution in [0.3, 0.4) is 0 Å². The lowest BCUT2D eigenvalue weighted by atomic mass is 9.69. The number of fused-ring (bicyclic) bond motifs is 6. The van der Waals surface area contributed by atoms with Gasteiger partial charge in [-0.3, -0.25) is 19.2 Å². The molecule has 13 heteroatoms. The highest BCUT2D eigenvalue weighted by Crippen LogP contribution is 2.83. The van der Waals surface area contributed by atoms with Gasteiger partial charge in [-0.25, -0.2) is 13.2 Å². The molecule has 238 valence electrons. The molecule has 3 heterocycles. The van der Waals surface area contributed by atoms with Crippen molar-refractivity contribution in [2.24, 2.45) is 40.9 Å². The maximum atomic E-state index is 15.6. The smallest absolute Gasteiger partial charge is 0.260 e. The number of benzene rings is 1. The molecule has 45 heavy (non-hydrogen) atoms. The Hall–Kier alpha value is -3.33. The van der Waals surface area contributed by atoms with Gasteiger partial charge in [0.15, 0.2) is 0 Å². The Morgan fingerprint density at radius 2 is 1.82 bits per heavy atom. The molecule has 1 aromatic rings. The van der Waals surface area contributed by atoms with Gasteiger partial charge in [-0.2, -0.15) is 5.26 Å². The van der Waals surface area contributed by atoms with Crippen LogP contribution in [0.1, 0.15) is 45.6 Å². The average Bonchev–Trinajstić information content (AvgIpc) is 3.39. The second-order valence-corrected chi connectivity index (χ2v) is 15.8. The number of anilines is 1. The van der Waals surface area contributed by atoms with Crippen LogP contribution in [-0.2, 0) is 24.6 Å². The standard InChI is InChI=1S/C32H33ClF3N5O4/c1-29(2,3)24(39-25(42)18-9-32(18,35)36)27(44)40-11-16-15-8-31(34)21(15)22(31)20(16)23(40)26(43)41-12-30(7-14(41)10-37)17-6-13(33)4-5-19(17)38-28(30)45/h4-6,14-16,18,20-24H,7-9,11-12H2,1-3H3,(H,38,45)(H,39,42)/t14-,15-,16+,18+,20+,21?,22+,23-,24+,30-,31+/m0/s1. The van der Waals surface area contributed by atoms with Gasteiger partial charge in [-0.05, 0) is 53.4 Å². The summed E-state index contributed by atoms with van der Waals surface area (Å²) in [4.78, 5) is 58.1. The van der Waals surface area contributed by atoms with Crippen molar-refractivity contribution in [2.75, 3.05) is 18.4 Å². The molecule has 8 rings (SSSR count). The van der Waals surface area contributed by atoms with Gasteiger partial charge in [0.1, 0.15) is 29.7 Å². The molecule has 1 spiro atoms. The normalized spacial score (nSPS) is 41.4. The zero-order chi connectivity index (χ0) is 32.2. The summed E-state index contributed by atoms with van der Waals surface area (Å²) >= 11 is 6.28. The van der Waals surface area contributed by atoms with Crippen LogP contribution in [0.4, 0.5) is 18.9 Å². The molecule has 11 atom stereocenters. The highest BCUT2D eigenvalue weighted by Gasteiger charge is 2.88. The van der Waals surface area contributed by atoms with Gasteiger partial charge in [-0.15, -0.1) is 0 Å². The lowest BCUT2D eigenvalue weighted by Gasteiger charge is -2.38. The molecule has 9 nitrogen and oxygen atoms in total. The summed E-state index contributed by atoms with van der Waals surface area (Å²) in [5.41, 5.74) is -2.34. The van der Waals surface area contributed by atoms with E-state index in [-0.39, 0.29) is 43.2 Å². The van der Waals surface area contributed by atoms with Crippen molar-refractivity contribution in [1.29, 1.82) is 5.26 Å². The molecule has 2 N–H and O–H groups in total. The van der Waals surface area contributed by atoms with Crippen LogP contribution >= 0.6 is 11.6 Å². The van der Waals surface area contributed by atoms with Crippen LogP contribution in [0.5, 0.6) is 0 Å². The number of likely N-dealkylation sites (tertiary alicyclic amines) is 2. The molecule has 4 saturated carbocycles. The van der Waals surface area contributed by atoms with E-state index in [4.69, 9.17) is 11.6 Å². The third-order valence-electron chi connectivity index (χ3n) is 12.0. The van der Waals surface area contributed by atoms with Crippen molar-refractivity contribution in [3.8, 4) is 6.07 Å². The first kappa shape index (κ1) is 29.1. The fourth-order valence-electron chi connectivity index (χ4n) is 9.70. The Balaban J connectivity index is 1.14. The second-order valence-electron chi connectivity index (χ2n) is 15.4. The maximum Gasteiger partial charge on any atom is 0.260 e. The number of rotatable bonds is 4. The van der Waals surface area contributed by atoms with Crippen LogP contribution in [-0.4, -0.2) is 76.2 Å². The predicted octanol–water partition coefficient (Wildman–Crippen LogP) is 3.27. The number of nitrogens with zero attached hydrogens (tertiary/aromatic N) is 3. The lowest BCUT2D eigenvalue weighted by molar-refractivity contribution is -0.149. The molecule has 3 aliphatic heterocycles. The topological polar surface area (TPSA) is 123 Å². The molecule has 6 fully saturated rings. The summed E-state index contributed by atoms with van der Waals surface area (Å²) in [7, 11) is 0. The van der Waals surface area contributed by atoms with Crippen molar-refractivity contribution in [2.45, 2.75) is 75.2 Å². The minimum absolute atomic E-state index is 0.0252. The Bertz CT molecular complexity index is 1640. The van der Waals surface area contributed by atoms with Gasteiger partial charge in [0, 0.05) is 48.5 Å². The summed E-state index contributed by atoms with van der Waals surface area (Å²) in [6.45, 7) is 5.17. The predicted molar refractivity (Wildman–Crippen MR) is 153 cm³/mol. The molecule has 7 aliphatic rings. The zero-order valence-corrected chi connectivity index (χ0v) is 25.7. The largest absolute Gasteiger partial charge is 0.343 e. The van der Waals surface area contributed by atoms with E-state index in [2.05, 4.69) is 16.7 Å².